The molecule has 10 heteroatoms. The molecular formula is C32H38N8O2. The Morgan fingerprint density at radius 1 is 1.12 bits per heavy atom. The van der Waals surface area contributed by atoms with Crippen LogP contribution in [-0.2, 0) is 5.60 Å². The van der Waals surface area contributed by atoms with Gasteiger partial charge in [0.2, 0.25) is 0 Å². The number of aliphatic imine (C=N–C) groups is 1. The Hall–Kier alpha value is -4.46. The van der Waals surface area contributed by atoms with E-state index in [9.17, 15) is 15.2 Å². The molecule has 3 aromatic rings. The Balaban J connectivity index is 1.22. The van der Waals surface area contributed by atoms with Crippen molar-refractivity contribution < 1.29 is 9.90 Å². The zero-order chi connectivity index (χ0) is 29.7. The van der Waals surface area contributed by atoms with Crippen LogP contribution < -0.4 is 16.0 Å². The number of nitrogens with one attached hydrogen (secondary N) is 1. The molecule has 0 spiro atoms. The number of nitrogens with two attached hydrogens (primary N) is 1. The van der Waals surface area contributed by atoms with Gasteiger partial charge in [0.05, 0.1) is 22.9 Å². The summed E-state index contributed by atoms with van der Waals surface area (Å²) in [6, 6.07) is 20.6. The SMILES string of the molecule is CN1CCC(N(C)C(=O)c2ccc(NC(N)=Nc3ncccc3N3CCC(O)(c4cccc(C#N)c4)CC3)cc2)CC1. The average molecular weight is 567 g/mol. The maximum Gasteiger partial charge on any atom is 0.253 e. The van der Waals surface area contributed by atoms with E-state index in [2.05, 4.69) is 38.2 Å². The summed E-state index contributed by atoms with van der Waals surface area (Å²) in [4.78, 5) is 28.3. The molecule has 42 heavy (non-hydrogen) atoms. The van der Waals surface area contributed by atoms with Crippen LogP contribution in [0.25, 0.3) is 0 Å². The van der Waals surface area contributed by atoms with Crippen molar-refractivity contribution >= 4 is 29.1 Å². The van der Waals surface area contributed by atoms with Crippen molar-refractivity contribution in [1.29, 1.82) is 5.26 Å². The predicted octanol–water partition coefficient (Wildman–Crippen LogP) is 3.67. The maximum absolute atomic E-state index is 13.0. The molecule has 218 valence electrons. The van der Waals surface area contributed by atoms with Gasteiger partial charge in [0.1, 0.15) is 0 Å². The molecule has 2 fully saturated rings. The second-order valence-corrected chi connectivity index (χ2v) is 11.2. The minimum atomic E-state index is -0.995. The van der Waals surface area contributed by atoms with E-state index in [1.54, 1.807) is 30.5 Å². The van der Waals surface area contributed by atoms with Gasteiger partial charge in [0.15, 0.2) is 11.8 Å². The third-order valence-corrected chi connectivity index (χ3v) is 8.41. The van der Waals surface area contributed by atoms with Gasteiger partial charge in [0.25, 0.3) is 5.91 Å². The largest absolute Gasteiger partial charge is 0.385 e. The number of guanidine groups is 1. The van der Waals surface area contributed by atoms with Gasteiger partial charge < -0.3 is 30.9 Å². The number of carbonyl (C=O) groups excluding carboxylic acids is 1. The quantitative estimate of drug-likeness (QED) is 0.304. The van der Waals surface area contributed by atoms with E-state index in [1.165, 1.54) is 0 Å². The molecule has 2 aliphatic heterocycles. The van der Waals surface area contributed by atoms with Crippen molar-refractivity contribution in [2.45, 2.75) is 37.3 Å². The predicted molar refractivity (Wildman–Crippen MR) is 165 cm³/mol. The highest BCUT2D eigenvalue weighted by Gasteiger charge is 2.35. The molecule has 1 aromatic heterocycles. The van der Waals surface area contributed by atoms with E-state index in [0.717, 1.165) is 42.9 Å². The number of carbonyl (C=O) groups is 1. The molecule has 5 rings (SSSR count). The number of anilines is 2. The monoisotopic (exact) mass is 566 g/mol. The number of amides is 1. The lowest BCUT2D eigenvalue weighted by molar-refractivity contribution is 0.0117. The third kappa shape index (κ3) is 6.54. The fourth-order valence-corrected chi connectivity index (χ4v) is 5.74. The van der Waals surface area contributed by atoms with Gasteiger partial charge >= 0.3 is 0 Å². The van der Waals surface area contributed by atoms with Crippen LogP contribution in [0.1, 0.15) is 47.2 Å². The van der Waals surface area contributed by atoms with Crippen LogP contribution in [0, 0.1) is 11.3 Å². The molecule has 2 saturated heterocycles. The Morgan fingerprint density at radius 3 is 2.52 bits per heavy atom. The van der Waals surface area contributed by atoms with Gasteiger partial charge in [-0.3, -0.25) is 4.79 Å². The standard InChI is InChI=1S/C32H38N8O2/c1-38-17-12-27(13-18-38)39(2)30(41)24-8-10-26(11-9-24)36-31(34)37-29-28(7-4-16-35-29)40-19-14-32(42,15-20-40)25-6-3-5-23(21-25)22-33/h3-11,16,21,27,42H,12-15,17-20H2,1-2H3,(H3,34,35,36,37). The Kier molecular flexibility index (Phi) is 8.71. The van der Waals surface area contributed by atoms with E-state index in [1.807, 2.05) is 48.3 Å². The molecular weight excluding hydrogens is 528 g/mol. The smallest absolute Gasteiger partial charge is 0.253 e. The lowest BCUT2D eigenvalue weighted by Gasteiger charge is -2.39. The van der Waals surface area contributed by atoms with Gasteiger partial charge in [-0.2, -0.15) is 10.3 Å². The summed E-state index contributed by atoms with van der Waals surface area (Å²) in [5.41, 5.74) is 8.76. The van der Waals surface area contributed by atoms with E-state index >= 15 is 0 Å². The molecule has 0 unspecified atom stereocenters. The summed E-state index contributed by atoms with van der Waals surface area (Å²) in [6.07, 6.45) is 4.65. The van der Waals surface area contributed by atoms with Crippen LogP contribution >= 0.6 is 0 Å². The summed E-state index contributed by atoms with van der Waals surface area (Å²) >= 11 is 0. The minimum Gasteiger partial charge on any atom is -0.385 e. The second-order valence-electron chi connectivity index (χ2n) is 11.2. The molecule has 3 heterocycles. The van der Waals surface area contributed by atoms with E-state index in [0.29, 0.717) is 42.9 Å². The van der Waals surface area contributed by atoms with Gasteiger partial charge in [-0.15, -0.1) is 0 Å². The van der Waals surface area contributed by atoms with Gasteiger partial charge in [-0.1, -0.05) is 12.1 Å². The number of aromatic nitrogens is 1. The van der Waals surface area contributed by atoms with Crippen LogP contribution in [0.5, 0.6) is 0 Å². The van der Waals surface area contributed by atoms with Crippen LogP contribution in [0.15, 0.2) is 71.9 Å². The van der Waals surface area contributed by atoms with Gasteiger partial charge in [-0.05, 0) is 99.9 Å². The molecule has 10 nitrogen and oxygen atoms in total. The number of pyridine rings is 1. The zero-order valence-corrected chi connectivity index (χ0v) is 24.2. The van der Waals surface area contributed by atoms with Crippen molar-refractivity contribution in [3.8, 4) is 6.07 Å². The highest BCUT2D eigenvalue weighted by molar-refractivity contribution is 5.97. The van der Waals surface area contributed by atoms with Crippen LogP contribution in [0.4, 0.5) is 17.2 Å². The molecule has 1 amide bonds. The third-order valence-electron chi connectivity index (χ3n) is 8.41. The molecule has 0 bridgehead atoms. The number of aliphatic hydroxyl groups is 1. The molecule has 0 radical (unpaired) electrons. The lowest BCUT2D eigenvalue weighted by Crippen LogP contribution is -2.44. The average Bonchev–Trinajstić information content (AvgIpc) is 3.02. The number of benzene rings is 2. The Bertz CT molecular complexity index is 1470. The first-order valence-corrected chi connectivity index (χ1v) is 14.4. The first-order chi connectivity index (χ1) is 20.3. The summed E-state index contributed by atoms with van der Waals surface area (Å²) in [7, 11) is 4.00. The number of rotatable bonds is 6. The normalized spacial score (nSPS) is 17.9. The highest BCUT2D eigenvalue weighted by atomic mass is 16.3. The number of hydrogen-bond acceptors (Lipinski definition) is 7. The number of likely N-dealkylation sites (tertiary alicyclic amines) is 1. The topological polar surface area (TPSA) is 134 Å². The van der Waals surface area contributed by atoms with Crippen LogP contribution in [-0.4, -0.2) is 78.1 Å². The van der Waals surface area contributed by atoms with E-state index in [-0.39, 0.29) is 17.9 Å². The van der Waals surface area contributed by atoms with Crippen molar-refractivity contribution in [1.82, 2.24) is 14.8 Å². The molecule has 2 aliphatic rings. The Morgan fingerprint density at radius 2 is 1.83 bits per heavy atom. The summed E-state index contributed by atoms with van der Waals surface area (Å²) in [5, 5.41) is 23.7. The fraction of sp³-hybridized carbons (Fsp3) is 0.375. The van der Waals surface area contributed by atoms with Crippen molar-refractivity contribution in [2.24, 2.45) is 10.7 Å². The van der Waals surface area contributed by atoms with Crippen molar-refractivity contribution in [3.63, 3.8) is 0 Å². The van der Waals surface area contributed by atoms with Crippen LogP contribution in [0.3, 0.4) is 0 Å². The molecule has 0 atom stereocenters. The number of piperidine rings is 2. The molecule has 0 saturated carbocycles. The molecule has 4 N–H and O–H groups in total. The van der Waals surface area contributed by atoms with Gasteiger partial charge in [0, 0.05) is 43.6 Å². The van der Waals surface area contributed by atoms with Crippen molar-refractivity contribution in [3.05, 3.63) is 83.6 Å². The maximum atomic E-state index is 13.0. The number of nitrogens with zero attached hydrogens (tertiary/aromatic N) is 6. The van der Waals surface area contributed by atoms with Gasteiger partial charge in [-0.25, -0.2) is 4.98 Å². The Labute approximate surface area is 247 Å². The van der Waals surface area contributed by atoms with E-state index < -0.39 is 5.60 Å². The summed E-state index contributed by atoms with van der Waals surface area (Å²) in [5.74, 6) is 0.673. The fourth-order valence-electron chi connectivity index (χ4n) is 5.74. The number of hydrogen-bond donors (Lipinski definition) is 3. The summed E-state index contributed by atoms with van der Waals surface area (Å²) in [6.45, 7) is 3.19. The van der Waals surface area contributed by atoms with Crippen molar-refractivity contribution in [2.75, 3.05) is 50.5 Å². The lowest BCUT2D eigenvalue weighted by atomic mass is 9.83. The molecule has 0 aliphatic carbocycles. The second kappa shape index (κ2) is 12.6. The minimum absolute atomic E-state index is 0.0158. The highest BCUT2D eigenvalue weighted by Crippen LogP contribution is 2.37. The first-order valence-electron chi connectivity index (χ1n) is 14.4. The first kappa shape index (κ1) is 29.0. The number of nitriles is 1. The van der Waals surface area contributed by atoms with Crippen LogP contribution in [0.2, 0.25) is 0 Å². The molecule has 2 aromatic carbocycles. The summed E-state index contributed by atoms with van der Waals surface area (Å²) < 4.78 is 0. The van der Waals surface area contributed by atoms with E-state index in [4.69, 9.17) is 5.73 Å². The zero-order valence-electron chi connectivity index (χ0n) is 24.2.